The van der Waals surface area contributed by atoms with Crippen molar-refractivity contribution in [1.29, 1.82) is 0 Å². The average Bonchev–Trinajstić information content (AvgIpc) is 3.09. The predicted molar refractivity (Wildman–Crippen MR) is 111 cm³/mol. The highest BCUT2D eigenvalue weighted by Gasteiger charge is 2.34. The van der Waals surface area contributed by atoms with Crippen LogP contribution in [-0.2, 0) is 22.5 Å². The minimum atomic E-state index is -0.121. The van der Waals surface area contributed by atoms with E-state index in [1.54, 1.807) is 6.20 Å². The molecule has 3 heterocycles. The molecule has 6 nitrogen and oxygen atoms in total. The van der Waals surface area contributed by atoms with Crippen LogP contribution in [0.15, 0.2) is 42.6 Å². The molecule has 29 heavy (non-hydrogen) atoms. The largest absolute Gasteiger partial charge is 0.483 e. The monoisotopic (exact) mass is 415 g/mol. The minimum absolute atomic E-state index is 0.0129. The number of nitrogens with zero attached hydrogens (tertiary/aromatic N) is 2. The second-order valence-electron chi connectivity index (χ2n) is 7.60. The van der Waals surface area contributed by atoms with Crippen LogP contribution >= 0.6 is 11.6 Å². The summed E-state index contributed by atoms with van der Waals surface area (Å²) in [6, 6.07) is 11.7. The molecule has 0 bridgehead atoms. The first-order chi connectivity index (χ1) is 14.2. The van der Waals surface area contributed by atoms with Crippen molar-refractivity contribution >= 4 is 17.5 Å². The van der Waals surface area contributed by atoms with Crippen LogP contribution < -0.4 is 10.1 Å². The summed E-state index contributed by atoms with van der Waals surface area (Å²) < 4.78 is 12.0. The highest BCUT2D eigenvalue weighted by Crippen LogP contribution is 2.22. The summed E-state index contributed by atoms with van der Waals surface area (Å²) in [7, 11) is 0. The summed E-state index contributed by atoms with van der Waals surface area (Å²) in [5, 5.41) is 3.73. The lowest BCUT2D eigenvalue weighted by Gasteiger charge is -2.20. The third-order valence-corrected chi connectivity index (χ3v) is 5.59. The summed E-state index contributed by atoms with van der Waals surface area (Å²) in [6.45, 7) is 2.88. The van der Waals surface area contributed by atoms with Crippen LogP contribution in [0.2, 0.25) is 5.02 Å². The van der Waals surface area contributed by atoms with E-state index in [2.05, 4.69) is 21.3 Å². The maximum Gasteiger partial charge on any atom is 0.258 e. The molecular formula is C22H26ClN3O3. The van der Waals surface area contributed by atoms with Crippen molar-refractivity contribution < 1.29 is 14.3 Å². The van der Waals surface area contributed by atoms with Gasteiger partial charge in [-0.25, -0.2) is 0 Å². The quantitative estimate of drug-likeness (QED) is 0.817. The first-order valence-corrected chi connectivity index (χ1v) is 10.5. The molecule has 2 aromatic rings. The van der Waals surface area contributed by atoms with Gasteiger partial charge in [0.1, 0.15) is 5.75 Å². The Balaban J connectivity index is 1.41. The highest BCUT2D eigenvalue weighted by molar-refractivity contribution is 6.30. The number of carbonyl (C=O) groups excluding carboxylic acids is 1. The molecule has 1 aromatic carbocycles. The predicted octanol–water partition coefficient (Wildman–Crippen LogP) is 2.84. The van der Waals surface area contributed by atoms with Crippen molar-refractivity contribution in [3.8, 4) is 5.75 Å². The first kappa shape index (κ1) is 20.1. The van der Waals surface area contributed by atoms with Gasteiger partial charge >= 0.3 is 0 Å². The van der Waals surface area contributed by atoms with E-state index in [9.17, 15) is 4.79 Å². The van der Waals surface area contributed by atoms with Crippen molar-refractivity contribution in [2.24, 2.45) is 0 Å². The second kappa shape index (κ2) is 9.57. The molecule has 1 N–H and O–H groups in total. The number of ether oxygens (including phenoxy) is 2. The number of fused-ring (bicyclic) bond motifs is 2. The zero-order valence-electron chi connectivity index (χ0n) is 16.4. The van der Waals surface area contributed by atoms with Gasteiger partial charge in [0.05, 0.1) is 22.9 Å². The van der Waals surface area contributed by atoms with E-state index in [1.807, 2.05) is 30.3 Å². The summed E-state index contributed by atoms with van der Waals surface area (Å²) in [5.74, 6) is 0.672. The topological polar surface area (TPSA) is 63.7 Å². The van der Waals surface area contributed by atoms with Crippen LogP contribution in [0.1, 0.15) is 24.1 Å². The number of hydrogen-bond donors (Lipinski definition) is 1. The van der Waals surface area contributed by atoms with Gasteiger partial charge in [-0.1, -0.05) is 29.8 Å². The number of likely N-dealkylation sites (tertiary alicyclic amines) is 1. The zero-order chi connectivity index (χ0) is 20.1. The van der Waals surface area contributed by atoms with Gasteiger partial charge in [0.15, 0.2) is 6.61 Å². The molecule has 2 aliphatic rings. The van der Waals surface area contributed by atoms with Gasteiger partial charge in [0.2, 0.25) is 0 Å². The van der Waals surface area contributed by atoms with E-state index in [0.29, 0.717) is 18.2 Å². The van der Waals surface area contributed by atoms with Crippen molar-refractivity contribution in [3.05, 3.63) is 58.9 Å². The number of benzene rings is 1. The van der Waals surface area contributed by atoms with Crippen LogP contribution in [0.25, 0.3) is 0 Å². The lowest BCUT2D eigenvalue weighted by atomic mass is 10.1. The first-order valence-electron chi connectivity index (χ1n) is 10.1. The molecule has 1 amide bonds. The van der Waals surface area contributed by atoms with Crippen LogP contribution in [-0.4, -0.2) is 54.2 Å². The van der Waals surface area contributed by atoms with E-state index in [1.165, 1.54) is 0 Å². The number of aromatic nitrogens is 1. The lowest BCUT2D eigenvalue weighted by Crippen LogP contribution is -2.45. The molecule has 2 aliphatic heterocycles. The molecule has 7 heteroatoms. The van der Waals surface area contributed by atoms with E-state index < -0.39 is 0 Å². The molecule has 154 valence electrons. The average molecular weight is 416 g/mol. The van der Waals surface area contributed by atoms with Crippen molar-refractivity contribution in [1.82, 2.24) is 15.2 Å². The SMILES string of the molecule is O=C1COc2ccccc2CCCCO[C@@H]2CN(Cc3ccc(Cl)cn3)C[C@@H]2N1. The van der Waals surface area contributed by atoms with Crippen molar-refractivity contribution in [2.75, 3.05) is 26.3 Å². The molecule has 0 spiro atoms. The second-order valence-corrected chi connectivity index (χ2v) is 8.04. The Morgan fingerprint density at radius 2 is 2.07 bits per heavy atom. The van der Waals surface area contributed by atoms with Gasteiger partial charge in [0.25, 0.3) is 5.91 Å². The molecule has 0 saturated carbocycles. The Bertz CT molecular complexity index is 830. The Morgan fingerprint density at radius 3 is 2.93 bits per heavy atom. The van der Waals surface area contributed by atoms with Gasteiger partial charge in [-0.2, -0.15) is 0 Å². The van der Waals surface area contributed by atoms with E-state index >= 15 is 0 Å². The van der Waals surface area contributed by atoms with E-state index in [0.717, 1.165) is 49.4 Å². The Morgan fingerprint density at radius 1 is 1.17 bits per heavy atom. The number of aryl methyl sites for hydroxylation is 1. The number of carbonyl (C=O) groups is 1. The van der Waals surface area contributed by atoms with Crippen molar-refractivity contribution in [3.63, 3.8) is 0 Å². The molecule has 0 unspecified atom stereocenters. The molecule has 0 radical (unpaired) electrons. The molecule has 1 fully saturated rings. The fourth-order valence-corrected chi connectivity index (χ4v) is 4.02. The zero-order valence-corrected chi connectivity index (χ0v) is 17.1. The molecule has 0 aliphatic carbocycles. The Labute approximate surface area is 176 Å². The van der Waals surface area contributed by atoms with Crippen LogP contribution in [0, 0.1) is 0 Å². The van der Waals surface area contributed by atoms with E-state index in [4.69, 9.17) is 21.1 Å². The normalized spacial score (nSPS) is 23.6. The molecular weight excluding hydrogens is 390 g/mol. The maximum atomic E-state index is 12.5. The number of para-hydroxylation sites is 1. The van der Waals surface area contributed by atoms with Gasteiger partial charge in [0, 0.05) is 32.4 Å². The number of halogens is 1. The fourth-order valence-electron chi connectivity index (χ4n) is 3.91. The third-order valence-electron chi connectivity index (χ3n) is 5.37. The number of rotatable bonds is 2. The number of pyridine rings is 1. The minimum Gasteiger partial charge on any atom is -0.483 e. The Kier molecular flexibility index (Phi) is 6.64. The third kappa shape index (κ3) is 5.47. The smallest absolute Gasteiger partial charge is 0.258 e. The Hall–Kier alpha value is -2.15. The van der Waals surface area contributed by atoms with Crippen LogP contribution in [0.4, 0.5) is 0 Å². The number of amides is 1. The number of hydrogen-bond acceptors (Lipinski definition) is 5. The highest BCUT2D eigenvalue weighted by atomic mass is 35.5. The maximum absolute atomic E-state index is 12.5. The standard InChI is InChI=1S/C22H26ClN3O3/c23-17-8-9-18(24-11-17)12-26-13-19-21(14-26)28-10-4-3-6-16-5-1-2-7-20(16)29-15-22(27)25-19/h1-2,5,7-9,11,19,21H,3-4,6,10,12-15H2,(H,25,27)/t19-,21+/m0/s1. The van der Waals surface area contributed by atoms with Crippen LogP contribution in [0.3, 0.4) is 0 Å². The molecule has 2 atom stereocenters. The molecule has 1 aromatic heterocycles. The van der Waals surface area contributed by atoms with Gasteiger partial charge in [-0.3, -0.25) is 14.7 Å². The fraction of sp³-hybridized carbons (Fsp3) is 0.455. The van der Waals surface area contributed by atoms with Crippen molar-refractivity contribution in [2.45, 2.75) is 38.0 Å². The summed E-state index contributed by atoms with van der Waals surface area (Å²) in [5.41, 5.74) is 2.09. The van der Waals surface area contributed by atoms with Gasteiger partial charge in [-0.05, 0) is 43.0 Å². The summed E-state index contributed by atoms with van der Waals surface area (Å²) >= 11 is 5.93. The van der Waals surface area contributed by atoms with Crippen LogP contribution in [0.5, 0.6) is 5.75 Å². The number of nitrogens with one attached hydrogen (secondary N) is 1. The lowest BCUT2D eigenvalue weighted by molar-refractivity contribution is -0.124. The van der Waals surface area contributed by atoms with Gasteiger partial charge in [-0.15, -0.1) is 0 Å². The molecule has 4 rings (SSSR count). The van der Waals surface area contributed by atoms with E-state index in [-0.39, 0.29) is 24.7 Å². The molecule has 1 saturated heterocycles. The summed E-state index contributed by atoms with van der Waals surface area (Å²) in [6.07, 6.45) is 4.55. The summed E-state index contributed by atoms with van der Waals surface area (Å²) in [4.78, 5) is 19.1. The van der Waals surface area contributed by atoms with Gasteiger partial charge < -0.3 is 14.8 Å².